The van der Waals surface area contributed by atoms with Crippen molar-refractivity contribution >= 4 is 5.65 Å². The molecule has 6 heteroatoms. The Morgan fingerprint density at radius 3 is 3.12 bits per heavy atom. The summed E-state index contributed by atoms with van der Waals surface area (Å²) < 4.78 is 7.39. The zero-order valence-corrected chi connectivity index (χ0v) is 9.47. The molecular formula is C10H15N5O. The number of aromatic nitrogens is 4. The van der Waals surface area contributed by atoms with E-state index < -0.39 is 0 Å². The van der Waals surface area contributed by atoms with Crippen molar-refractivity contribution in [3.63, 3.8) is 0 Å². The van der Waals surface area contributed by atoms with E-state index in [1.54, 1.807) is 6.20 Å². The maximum absolute atomic E-state index is 5.54. The zero-order valence-electron chi connectivity index (χ0n) is 9.47. The number of fused-ring (bicyclic) bond motifs is 1. The number of ether oxygens (including phenoxy) is 1. The van der Waals surface area contributed by atoms with Gasteiger partial charge in [-0.25, -0.2) is 4.98 Å². The largest absolute Gasteiger partial charge is 0.474 e. The topological polar surface area (TPSA) is 64.3 Å². The van der Waals surface area contributed by atoms with E-state index in [4.69, 9.17) is 4.74 Å². The summed E-state index contributed by atoms with van der Waals surface area (Å²) >= 11 is 0. The summed E-state index contributed by atoms with van der Waals surface area (Å²) in [6.45, 7) is 6.26. The van der Waals surface area contributed by atoms with Crippen molar-refractivity contribution in [2.24, 2.45) is 0 Å². The average Bonchev–Trinajstić information content (AvgIpc) is 2.68. The fourth-order valence-electron chi connectivity index (χ4n) is 1.42. The van der Waals surface area contributed by atoms with Gasteiger partial charge in [-0.1, -0.05) is 6.92 Å². The number of nitrogens with zero attached hydrogens (tertiary/aromatic N) is 4. The predicted octanol–water partition coefficient (Wildman–Crippen LogP) is 0.421. The van der Waals surface area contributed by atoms with Gasteiger partial charge in [0.1, 0.15) is 12.4 Å². The zero-order chi connectivity index (χ0) is 11.4. The molecule has 0 fully saturated rings. The second kappa shape index (κ2) is 4.89. The van der Waals surface area contributed by atoms with Gasteiger partial charge in [-0.15, -0.1) is 10.2 Å². The highest BCUT2D eigenvalue weighted by Gasteiger charge is 2.07. The van der Waals surface area contributed by atoms with Crippen LogP contribution in [0.3, 0.4) is 0 Å². The van der Waals surface area contributed by atoms with E-state index >= 15 is 0 Å². The lowest BCUT2D eigenvalue weighted by molar-refractivity contribution is 0.305. The summed E-state index contributed by atoms with van der Waals surface area (Å²) in [5, 5.41) is 11.2. The van der Waals surface area contributed by atoms with Gasteiger partial charge in [0.2, 0.25) is 5.65 Å². The molecule has 0 spiro atoms. The average molecular weight is 221 g/mol. The van der Waals surface area contributed by atoms with Crippen LogP contribution in [-0.2, 0) is 0 Å². The molecule has 0 aliphatic carbocycles. The van der Waals surface area contributed by atoms with Gasteiger partial charge >= 0.3 is 0 Å². The first-order valence-electron chi connectivity index (χ1n) is 5.32. The molecule has 0 saturated carbocycles. The third-order valence-corrected chi connectivity index (χ3v) is 2.23. The first-order chi connectivity index (χ1) is 7.83. The second-order valence-corrected chi connectivity index (χ2v) is 3.38. The maximum atomic E-state index is 5.54. The number of nitrogens with one attached hydrogen (secondary N) is 1. The smallest absolute Gasteiger partial charge is 0.260 e. The first kappa shape index (κ1) is 10.8. The van der Waals surface area contributed by atoms with Crippen LogP contribution in [-0.4, -0.2) is 39.3 Å². The predicted molar refractivity (Wildman–Crippen MR) is 59.6 cm³/mol. The van der Waals surface area contributed by atoms with Gasteiger partial charge in [0.05, 0.1) is 0 Å². The van der Waals surface area contributed by atoms with Crippen molar-refractivity contribution in [3.05, 3.63) is 18.2 Å². The maximum Gasteiger partial charge on any atom is 0.260 e. The summed E-state index contributed by atoms with van der Waals surface area (Å²) in [6.07, 6.45) is 3.51. The molecule has 0 amide bonds. The van der Waals surface area contributed by atoms with Crippen LogP contribution in [0.25, 0.3) is 5.65 Å². The number of rotatable bonds is 5. The summed E-state index contributed by atoms with van der Waals surface area (Å²) in [5.74, 6) is 1.36. The van der Waals surface area contributed by atoms with Crippen LogP contribution in [0.15, 0.2) is 12.4 Å². The van der Waals surface area contributed by atoms with E-state index in [-0.39, 0.29) is 0 Å². The van der Waals surface area contributed by atoms with Gasteiger partial charge in [0.25, 0.3) is 5.88 Å². The molecule has 0 aliphatic heterocycles. The lowest BCUT2D eigenvalue weighted by Crippen LogP contribution is -2.20. The SMILES string of the molecule is CCNCCOc1nccn2c(C)nnc12. The minimum Gasteiger partial charge on any atom is -0.474 e. The molecule has 16 heavy (non-hydrogen) atoms. The molecule has 0 radical (unpaired) electrons. The Hall–Kier alpha value is -1.69. The molecule has 86 valence electrons. The van der Waals surface area contributed by atoms with Gasteiger partial charge in [0.15, 0.2) is 0 Å². The van der Waals surface area contributed by atoms with Crippen LogP contribution in [0.2, 0.25) is 0 Å². The Labute approximate surface area is 93.7 Å². The molecule has 0 bridgehead atoms. The van der Waals surface area contributed by atoms with E-state index in [1.807, 2.05) is 17.5 Å². The molecule has 1 N–H and O–H groups in total. The molecule has 0 unspecified atom stereocenters. The van der Waals surface area contributed by atoms with Gasteiger partial charge in [-0.3, -0.25) is 4.40 Å². The Morgan fingerprint density at radius 2 is 2.31 bits per heavy atom. The molecule has 2 aromatic rings. The highest BCUT2D eigenvalue weighted by atomic mass is 16.5. The van der Waals surface area contributed by atoms with Gasteiger partial charge in [-0.05, 0) is 13.5 Å². The van der Waals surface area contributed by atoms with Crippen LogP contribution < -0.4 is 10.1 Å². The first-order valence-corrected chi connectivity index (χ1v) is 5.32. The van der Waals surface area contributed by atoms with E-state index in [1.165, 1.54) is 0 Å². The number of likely N-dealkylation sites (N-methyl/N-ethyl adjacent to an activating group) is 1. The summed E-state index contributed by atoms with van der Waals surface area (Å²) in [5.41, 5.74) is 0.663. The van der Waals surface area contributed by atoms with Crippen LogP contribution in [0.4, 0.5) is 0 Å². The normalized spacial score (nSPS) is 10.9. The fraction of sp³-hybridized carbons (Fsp3) is 0.500. The summed E-state index contributed by atoms with van der Waals surface area (Å²) in [7, 11) is 0. The Bertz CT molecular complexity index is 467. The second-order valence-electron chi connectivity index (χ2n) is 3.38. The highest BCUT2D eigenvalue weighted by Crippen LogP contribution is 2.13. The quantitative estimate of drug-likeness (QED) is 0.741. The molecular weight excluding hydrogens is 206 g/mol. The van der Waals surface area contributed by atoms with E-state index in [9.17, 15) is 0 Å². The Morgan fingerprint density at radius 1 is 1.44 bits per heavy atom. The lowest BCUT2D eigenvalue weighted by atomic mass is 10.6. The van der Waals surface area contributed by atoms with Gasteiger partial charge in [-0.2, -0.15) is 0 Å². The van der Waals surface area contributed by atoms with Crippen molar-refractivity contribution in [2.75, 3.05) is 19.7 Å². The number of hydrogen-bond acceptors (Lipinski definition) is 5. The van der Waals surface area contributed by atoms with Crippen LogP contribution in [0.5, 0.6) is 5.88 Å². The summed E-state index contributed by atoms with van der Waals surface area (Å²) in [6, 6.07) is 0. The van der Waals surface area contributed by atoms with Crippen molar-refractivity contribution in [2.45, 2.75) is 13.8 Å². The number of aryl methyl sites for hydroxylation is 1. The molecule has 0 atom stereocenters. The molecule has 0 aliphatic rings. The van der Waals surface area contributed by atoms with Crippen LogP contribution in [0, 0.1) is 6.92 Å². The van der Waals surface area contributed by atoms with Crippen LogP contribution >= 0.6 is 0 Å². The van der Waals surface area contributed by atoms with E-state index in [2.05, 4.69) is 27.4 Å². The van der Waals surface area contributed by atoms with Crippen LogP contribution in [0.1, 0.15) is 12.7 Å². The molecule has 2 heterocycles. The van der Waals surface area contributed by atoms with Crippen molar-refractivity contribution < 1.29 is 4.74 Å². The molecule has 0 aromatic carbocycles. The van der Waals surface area contributed by atoms with Gasteiger partial charge in [0, 0.05) is 18.9 Å². The van der Waals surface area contributed by atoms with Crippen molar-refractivity contribution in [3.8, 4) is 5.88 Å². The molecule has 2 rings (SSSR count). The molecule has 2 aromatic heterocycles. The summed E-state index contributed by atoms with van der Waals surface area (Å²) in [4.78, 5) is 4.14. The standard InChI is InChI=1S/C10H15N5O/c1-3-11-5-7-16-10-9-14-13-8(2)15(9)6-4-12-10/h4,6,11H,3,5,7H2,1-2H3. The van der Waals surface area contributed by atoms with Crippen molar-refractivity contribution in [1.29, 1.82) is 0 Å². The molecule has 0 saturated heterocycles. The minimum atomic E-state index is 0.529. The van der Waals surface area contributed by atoms with E-state index in [0.717, 1.165) is 18.9 Å². The third-order valence-electron chi connectivity index (χ3n) is 2.23. The monoisotopic (exact) mass is 221 g/mol. The Balaban J connectivity index is 2.11. The highest BCUT2D eigenvalue weighted by molar-refractivity contribution is 5.48. The lowest BCUT2D eigenvalue weighted by Gasteiger charge is -2.05. The minimum absolute atomic E-state index is 0.529. The fourth-order valence-corrected chi connectivity index (χ4v) is 1.42. The van der Waals surface area contributed by atoms with Gasteiger partial charge < -0.3 is 10.1 Å². The van der Waals surface area contributed by atoms with Crippen molar-refractivity contribution in [1.82, 2.24) is 24.9 Å². The van der Waals surface area contributed by atoms with E-state index in [0.29, 0.717) is 18.1 Å². The Kier molecular flexibility index (Phi) is 3.31. The molecule has 6 nitrogen and oxygen atoms in total. The number of hydrogen-bond donors (Lipinski definition) is 1. The third kappa shape index (κ3) is 2.11.